The van der Waals surface area contributed by atoms with Crippen molar-refractivity contribution in [2.24, 2.45) is 0 Å². The third kappa shape index (κ3) is 3.62. The van der Waals surface area contributed by atoms with E-state index in [0.717, 1.165) is 56.0 Å². The number of carbonyl (C=O) groups is 1. The Morgan fingerprint density at radius 3 is 2.42 bits per heavy atom. The van der Waals surface area contributed by atoms with Gasteiger partial charge in [-0.05, 0) is 59.4 Å². The highest BCUT2D eigenvalue weighted by Gasteiger charge is 2.32. The average molecular weight is 350 g/mol. The summed E-state index contributed by atoms with van der Waals surface area (Å²) in [5, 5.41) is 4.69. The van der Waals surface area contributed by atoms with Gasteiger partial charge in [-0.3, -0.25) is 9.69 Å². The number of rotatable bonds is 3. The van der Waals surface area contributed by atoms with E-state index in [9.17, 15) is 4.79 Å². The zero-order valence-corrected chi connectivity index (χ0v) is 16.6. The van der Waals surface area contributed by atoms with E-state index in [2.05, 4.69) is 44.8 Å². The Morgan fingerprint density at radius 2 is 1.83 bits per heavy atom. The van der Waals surface area contributed by atoms with Crippen molar-refractivity contribution < 1.29 is 4.79 Å². The van der Waals surface area contributed by atoms with Crippen molar-refractivity contribution in [1.29, 1.82) is 0 Å². The topological polar surface area (TPSA) is 35.6 Å². The molecule has 0 aromatic carbocycles. The standard InChI is InChI=1S/C19H31N3OS/c1-13(2)22-11-8-14-15(12-22)24-17(20-19(3,4)5)16(14)18(23)21-9-6-7-10-21/h13,20H,6-12H2,1-5H3. The maximum absolute atomic E-state index is 13.2. The van der Waals surface area contributed by atoms with Gasteiger partial charge < -0.3 is 10.2 Å². The summed E-state index contributed by atoms with van der Waals surface area (Å²) in [4.78, 5) is 19.1. The van der Waals surface area contributed by atoms with Gasteiger partial charge in [0.15, 0.2) is 0 Å². The molecule has 0 radical (unpaired) electrons. The number of anilines is 1. The van der Waals surface area contributed by atoms with Crippen LogP contribution >= 0.6 is 11.3 Å². The molecule has 1 aromatic rings. The van der Waals surface area contributed by atoms with E-state index in [1.54, 1.807) is 11.3 Å². The van der Waals surface area contributed by atoms with Gasteiger partial charge in [0.2, 0.25) is 0 Å². The highest BCUT2D eigenvalue weighted by atomic mass is 32.1. The van der Waals surface area contributed by atoms with Crippen LogP contribution in [0.2, 0.25) is 0 Å². The van der Waals surface area contributed by atoms with E-state index in [1.807, 2.05) is 4.90 Å². The molecule has 2 aliphatic heterocycles. The van der Waals surface area contributed by atoms with Crippen LogP contribution in [0.1, 0.15) is 68.3 Å². The molecule has 3 rings (SSSR count). The second-order valence-electron chi connectivity index (χ2n) is 8.40. The van der Waals surface area contributed by atoms with Gasteiger partial charge in [0, 0.05) is 42.6 Å². The van der Waals surface area contributed by atoms with Crippen molar-refractivity contribution in [2.45, 2.75) is 72.0 Å². The summed E-state index contributed by atoms with van der Waals surface area (Å²) >= 11 is 1.80. The Labute approximate surface area is 150 Å². The molecule has 5 heteroatoms. The van der Waals surface area contributed by atoms with Crippen LogP contribution in [0.4, 0.5) is 5.00 Å². The second-order valence-corrected chi connectivity index (χ2v) is 9.50. The number of hydrogen-bond donors (Lipinski definition) is 1. The minimum absolute atomic E-state index is 0.0365. The molecule has 0 aliphatic carbocycles. The molecule has 1 saturated heterocycles. The Kier molecular flexibility index (Phi) is 4.94. The molecule has 3 heterocycles. The van der Waals surface area contributed by atoms with E-state index in [0.29, 0.717) is 6.04 Å². The zero-order chi connectivity index (χ0) is 17.5. The normalized spacial score (nSPS) is 19.0. The SMILES string of the molecule is CC(C)N1CCc2c(sc(NC(C)(C)C)c2C(=O)N2CCCC2)C1. The molecule has 134 valence electrons. The summed E-state index contributed by atoms with van der Waals surface area (Å²) in [6.07, 6.45) is 3.27. The lowest BCUT2D eigenvalue weighted by Crippen LogP contribution is -2.36. The van der Waals surface area contributed by atoms with Gasteiger partial charge in [-0.1, -0.05) is 0 Å². The average Bonchev–Trinajstić information content (AvgIpc) is 3.11. The minimum Gasteiger partial charge on any atom is -0.372 e. The Balaban J connectivity index is 1.97. The smallest absolute Gasteiger partial charge is 0.257 e. The maximum Gasteiger partial charge on any atom is 0.257 e. The molecule has 1 aromatic heterocycles. The van der Waals surface area contributed by atoms with Crippen LogP contribution in [0, 0.1) is 0 Å². The quantitative estimate of drug-likeness (QED) is 0.897. The molecule has 1 amide bonds. The third-order valence-electron chi connectivity index (χ3n) is 4.91. The molecule has 0 atom stereocenters. The van der Waals surface area contributed by atoms with Crippen LogP contribution in [-0.4, -0.2) is 46.9 Å². The molecule has 0 unspecified atom stereocenters. The fourth-order valence-corrected chi connectivity index (χ4v) is 5.07. The van der Waals surface area contributed by atoms with E-state index in [-0.39, 0.29) is 11.4 Å². The van der Waals surface area contributed by atoms with Crippen LogP contribution in [0.15, 0.2) is 0 Å². The van der Waals surface area contributed by atoms with Crippen LogP contribution in [0.25, 0.3) is 0 Å². The number of hydrogen-bond acceptors (Lipinski definition) is 4. The van der Waals surface area contributed by atoms with Crippen molar-refractivity contribution in [3.8, 4) is 0 Å². The predicted molar refractivity (Wildman–Crippen MR) is 102 cm³/mol. The van der Waals surface area contributed by atoms with Gasteiger partial charge in [-0.15, -0.1) is 11.3 Å². The fraction of sp³-hybridized carbons (Fsp3) is 0.737. The largest absolute Gasteiger partial charge is 0.372 e. The lowest BCUT2D eigenvalue weighted by atomic mass is 10.00. The van der Waals surface area contributed by atoms with Gasteiger partial charge >= 0.3 is 0 Å². The predicted octanol–water partition coefficient (Wildman–Crippen LogP) is 3.96. The summed E-state index contributed by atoms with van der Waals surface area (Å²) in [6.45, 7) is 14.8. The van der Waals surface area contributed by atoms with Gasteiger partial charge in [-0.2, -0.15) is 0 Å². The maximum atomic E-state index is 13.2. The molecule has 0 bridgehead atoms. The number of carbonyl (C=O) groups excluding carboxylic acids is 1. The zero-order valence-electron chi connectivity index (χ0n) is 15.7. The van der Waals surface area contributed by atoms with Gasteiger partial charge in [0.1, 0.15) is 5.00 Å². The summed E-state index contributed by atoms with van der Waals surface area (Å²) < 4.78 is 0. The van der Waals surface area contributed by atoms with Crippen molar-refractivity contribution in [3.63, 3.8) is 0 Å². The molecule has 0 saturated carbocycles. The van der Waals surface area contributed by atoms with E-state index in [4.69, 9.17) is 0 Å². The number of nitrogens with one attached hydrogen (secondary N) is 1. The number of nitrogens with zero attached hydrogens (tertiary/aromatic N) is 2. The fourth-order valence-electron chi connectivity index (χ4n) is 3.60. The van der Waals surface area contributed by atoms with Crippen molar-refractivity contribution in [1.82, 2.24) is 9.80 Å². The van der Waals surface area contributed by atoms with Crippen molar-refractivity contribution in [3.05, 3.63) is 16.0 Å². The lowest BCUT2D eigenvalue weighted by molar-refractivity contribution is 0.0792. The molecule has 1 fully saturated rings. The molecule has 4 nitrogen and oxygen atoms in total. The molecule has 2 aliphatic rings. The first kappa shape index (κ1) is 17.7. The first-order valence-electron chi connectivity index (χ1n) is 9.22. The highest BCUT2D eigenvalue weighted by molar-refractivity contribution is 7.16. The van der Waals surface area contributed by atoms with E-state index >= 15 is 0 Å². The van der Waals surface area contributed by atoms with E-state index in [1.165, 1.54) is 10.4 Å². The van der Waals surface area contributed by atoms with Gasteiger partial charge in [-0.25, -0.2) is 0 Å². The summed E-state index contributed by atoms with van der Waals surface area (Å²) in [6, 6.07) is 0.553. The summed E-state index contributed by atoms with van der Waals surface area (Å²) in [5.41, 5.74) is 2.24. The molecule has 0 spiro atoms. The monoisotopic (exact) mass is 349 g/mol. The Bertz CT molecular complexity index is 609. The molecular weight excluding hydrogens is 318 g/mol. The first-order chi connectivity index (χ1) is 11.3. The summed E-state index contributed by atoms with van der Waals surface area (Å²) in [7, 11) is 0. The van der Waals surface area contributed by atoms with Crippen LogP contribution in [0.3, 0.4) is 0 Å². The molecule has 1 N–H and O–H groups in total. The Hall–Kier alpha value is -1.07. The lowest BCUT2D eigenvalue weighted by Gasteiger charge is -2.30. The van der Waals surface area contributed by atoms with Crippen LogP contribution in [-0.2, 0) is 13.0 Å². The van der Waals surface area contributed by atoms with Crippen LogP contribution < -0.4 is 5.32 Å². The number of amides is 1. The number of likely N-dealkylation sites (tertiary alicyclic amines) is 1. The summed E-state index contributed by atoms with van der Waals surface area (Å²) in [5.74, 6) is 0.245. The van der Waals surface area contributed by atoms with E-state index < -0.39 is 0 Å². The van der Waals surface area contributed by atoms with Gasteiger partial charge in [0.05, 0.1) is 5.56 Å². The van der Waals surface area contributed by atoms with Crippen molar-refractivity contribution >= 4 is 22.2 Å². The number of thiophene rings is 1. The number of fused-ring (bicyclic) bond motifs is 1. The molecular formula is C19H31N3OS. The molecule has 24 heavy (non-hydrogen) atoms. The van der Waals surface area contributed by atoms with Crippen molar-refractivity contribution in [2.75, 3.05) is 25.0 Å². The highest BCUT2D eigenvalue weighted by Crippen LogP contribution is 2.39. The second kappa shape index (κ2) is 6.68. The minimum atomic E-state index is -0.0365. The first-order valence-corrected chi connectivity index (χ1v) is 10.0. The van der Waals surface area contributed by atoms with Gasteiger partial charge in [0.25, 0.3) is 5.91 Å². The third-order valence-corrected chi connectivity index (χ3v) is 6.04. The van der Waals surface area contributed by atoms with Crippen LogP contribution in [0.5, 0.6) is 0 Å². The Morgan fingerprint density at radius 1 is 1.17 bits per heavy atom.